The lowest BCUT2D eigenvalue weighted by molar-refractivity contribution is 0.386. The van der Waals surface area contributed by atoms with Gasteiger partial charge >= 0.3 is 0 Å². The molecule has 6 nitrogen and oxygen atoms in total. The van der Waals surface area contributed by atoms with Crippen LogP contribution in [0, 0.1) is 11.6 Å². The van der Waals surface area contributed by atoms with Gasteiger partial charge in [0.2, 0.25) is 5.82 Å². The Morgan fingerprint density at radius 1 is 1.18 bits per heavy atom. The number of nitrogens with one attached hydrogen (secondary N) is 1. The van der Waals surface area contributed by atoms with Crippen LogP contribution in [0.1, 0.15) is 50.6 Å². The van der Waals surface area contributed by atoms with Gasteiger partial charge in [0.15, 0.2) is 16.7 Å². The largest absolute Gasteiger partial charge is 0.494 e. The highest BCUT2D eigenvalue weighted by molar-refractivity contribution is 7.80. The van der Waals surface area contributed by atoms with Gasteiger partial charge < -0.3 is 19.5 Å². The van der Waals surface area contributed by atoms with Crippen LogP contribution in [0.3, 0.4) is 0 Å². The van der Waals surface area contributed by atoms with Crippen LogP contribution in [0.25, 0.3) is 17.0 Å². The quantitative estimate of drug-likeness (QED) is 0.317. The summed E-state index contributed by atoms with van der Waals surface area (Å²) >= 11 is 5.65. The van der Waals surface area contributed by atoms with Crippen LogP contribution in [0.5, 0.6) is 5.75 Å². The first-order valence-corrected chi connectivity index (χ1v) is 11.6. The Hall–Kier alpha value is -3.33. The summed E-state index contributed by atoms with van der Waals surface area (Å²) < 4.78 is 38.9. The second-order valence-corrected chi connectivity index (χ2v) is 8.45. The van der Waals surface area contributed by atoms with E-state index < -0.39 is 11.9 Å². The van der Waals surface area contributed by atoms with Crippen molar-refractivity contribution in [1.29, 1.82) is 0 Å². The molecule has 3 aromatic rings. The molecule has 2 aromatic carbocycles. The minimum absolute atomic E-state index is 0.130. The van der Waals surface area contributed by atoms with Crippen molar-refractivity contribution in [3.63, 3.8) is 0 Å². The summed E-state index contributed by atoms with van der Waals surface area (Å²) in [6.45, 7) is 4.82. The average Bonchev–Trinajstić information content (AvgIpc) is 3.30. The molecule has 0 spiro atoms. The van der Waals surface area contributed by atoms with Gasteiger partial charge in [-0.15, -0.1) is 0 Å². The monoisotopic (exact) mass is 484 g/mol. The van der Waals surface area contributed by atoms with E-state index in [1.807, 2.05) is 17.9 Å². The van der Waals surface area contributed by atoms with Gasteiger partial charge in [0, 0.05) is 17.8 Å². The third-order valence-corrected chi connectivity index (χ3v) is 6.17. The van der Waals surface area contributed by atoms with Crippen LogP contribution in [0.4, 0.5) is 8.78 Å². The SMILES string of the molecule is CCCCCN1C(=S)NC(c2cccc(F)c2)C(c2nc(-c3ccc(OC)c(F)c3)no2)=C1C. The fraction of sp³-hybridized carbons (Fsp3) is 0.320. The molecule has 0 radical (unpaired) electrons. The average molecular weight is 485 g/mol. The number of nitrogens with zero attached hydrogens (tertiary/aromatic N) is 3. The van der Waals surface area contributed by atoms with Crippen LogP contribution in [-0.4, -0.2) is 33.8 Å². The molecule has 1 aliphatic heterocycles. The second-order valence-electron chi connectivity index (χ2n) is 8.07. The zero-order valence-corrected chi connectivity index (χ0v) is 20.1. The van der Waals surface area contributed by atoms with E-state index in [2.05, 4.69) is 22.4 Å². The first-order chi connectivity index (χ1) is 16.4. The fourth-order valence-electron chi connectivity index (χ4n) is 4.04. The van der Waals surface area contributed by atoms with Crippen molar-refractivity contribution in [2.24, 2.45) is 0 Å². The highest BCUT2D eigenvalue weighted by Crippen LogP contribution is 2.38. The zero-order valence-electron chi connectivity index (χ0n) is 19.3. The zero-order chi connectivity index (χ0) is 24.2. The summed E-state index contributed by atoms with van der Waals surface area (Å²) in [6, 6.07) is 10.3. The number of methoxy groups -OCH3 is 1. The van der Waals surface area contributed by atoms with E-state index in [-0.39, 0.29) is 23.3 Å². The molecule has 1 atom stereocenters. The van der Waals surface area contributed by atoms with Gasteiger partial charge in [-0.1, -0.05) is 37.1 Å². The highest BCUT2D eigenvalue weighted by Gasteiger charge is 2.34. The van der Waals surface area contributed by atoms with Gasteiger partial charge in [0.05, 0.1) is 18.7 Å². The Morgan fingerprint density at radius 2 is 2.00 bits per heavy atom. The van der Waals surface area contributed by atoms with Crippen molar-refractivity contribution in [1.82, 2.24) is 20.4 Å². The van der Waals surface area contributed by atoms with Crippen molar-refractivity contribution in [2.75, 3.05) is 13.7 Å². The molecule has 1 aromatic heterocycles. The lowest BCUT2D eigenvalue weighted by Gasteiger charge is -2.37. The molecule has 4 rings (SSSR count). The lowest BCUT2D eigenvalue weighted by atomic mass is 9.94. The first-order valence-electron chi connectivity index (χ1n) is 11.1. The van der Waals surface area contributed by atoms with Crippen molar-refractivity contribution in [3.05, 3.63) is 71.3 Å². The molecule has 0 aliphatic carbocycles. The van der Waals surface area contributed by atoms with Crippen molar-refractivity contribution < 1.29 is 18.0 Å². The fourth-order valence-corrected chi connectivity index (χ4v) is 4.39. The van der Waals surface area contributed by atoms with Crippen LogP contribution >= 0.6 is 12.2 Å². The van der Waals surface area contributed by atoms with E-state index >= 15 is 0 Å². The molecule has 0 saturated carbocycles. The Kier molecular flexibility index (Phi) is 7.21. The highest BCUT2D eigenvalue weighted by atomic mass is 32.1. The van der Waals surface area contributed by atoms with E-state index in [9.17, 15) is 8.78 Å². The Bertz CT molecular complexity index is 1230. The third kappa shape index (κ3) is 4.79. The molecule has 1 N–H and O–H groups in total. The maximum atomic E-state index is 14.2. The van der Waals surface area contributed by atoms with E-state index in [0.717, 1.165) is 31.5 Å². The summed E-state index contributed by atoms with van der Waals surface area (Å²) in [7, 11) is 1.40. The predicted octanol–water partition coefficient (Wildman–Crippen LogP) is 5.88. The predicted molar refractivity (Wildman–Crippen MR) is 130 cm³/mol. The number of aromatic nitrogens is 2. The Morgan fingerprint density at radius 3 is 2.71 bits per heavy atom. The third-order valence-electron chi connectivity index (χ3n) is 5.83. The molecular formula is C25H26F2N4O2S. The van der Waals surface area contributed by atoms with Crippen LogP contribution in [0.2, 0.25) is 0 Å². The number of hydrogen-bond donors (Lipinski definition) is 1. The standard InChI is InChI=1S/C25H26F2N4O2S/c1-4-5-6-12-31-15(2)21(22(28-25(31)34)16-8-7-9-18(26)13-16)24-29-23(30-33-24)17-10-11-20(32-3)19(27)14-17/h7-11,13-14,22H,4-6,12H2,1-3H3,(H,28,34). The van der Waals surface area contributed by atoms with Gasteiger partial charge in [-0.3, -0.25) is 0 Å². The van der Waals surface area contributed by atoms with Crippen LogP contribution < -0.4 is 10.1 Å². The van der Waals surface area contributed by atoms with Gasteiger partial charge in [0.25, 0.3) is 5.89 Å². The van der Waals surface area contributed by atoms with E-state index in [1.165, 1.54) is 31.4 Å². The summed E-state index contributed by atoms with van der Waals surface area (Å²) in [5.41, 5.74) is 2.68. The summed E-state index contributed by atoms with van der Waals surface area (Å²) in [6.07, 6.45) is 3.12. The number of allylic oxidation sites excluding steroid dienone is 1. The van der Waals surface area contributed by atoms with Crippen LogP contribution in [0.15, 0.2) is 52.7 Å². The molecule has 1 aliphatic rings. The van der Waals surface area contributed by atoms with E-state index in [0.29, 0.717) is 21.8 Å². The van der Waals surface area contributed by atoms with Gasteiger partial charge in [-0.2, -0.15) is 4.98 Å². The number of ether oxygens (including phenoxy) is 1. The molecular weight excluding hydrogens is 458 g/mol. The van der Waals surface area contributed by atoms with Crippen molar-refractivity contribution in [2.45, 2.75) is 39.2 Å². The lowest BCUT2D eigenvalue weighted by Crippen LogP contribution is -2.46. The number of benzene rings is 2. The summed E-state index contributed by atoms with van der Waals surface area (Å²) in [4.78, 5) is 6.57. The number of halogens is 2. The van der Waals surface area contributed by atoms with Gasteiger partial charge in [-0.25, -0.2) is 8.78 Å². The summed E-state index contributed by atoms with van der Waals surface area (Å²) in [5.74, 6) is -0.252. The van der Waals surface area contributed by atoms with Crippen LogP contribution in [-0.2, 0) is 0 Å². The number of hydrogen-bond acceptors (Lipinski definition) is 5. The number of thiocarbonyl (C=S) groups is 1. The second kappa shape index (κ2) is 10.3. The minimum Gasteiger partial charge on any atom is -0.494 e. The molecule has 9 heteroatoms. The van der Waals surface area contributed by atoms with Gasteiger partial charge in [-0.05, 0) is 61.5 Å². The Labute approximate surface area is 202 Å². The smallest absolute Gasteiger partial charge is 0.258 e. The summed E-state index contributed by atoms with van der Waals surface area (Å²) in [5, 5.41) is 7.95. The van der Waals surface area contributed by atoms with Gasteiger partial charge in [0.1, 0.15) is 5.82 Å². The maximum absolute atomic E-state index is 14.2. The molecule has 178 valence electrons. The number of unbranched alkanes of at least 4 members (excludes halogenated alkanes) is 2. The minimum atomic E-state index is -0.522. The van der Waals surface area contributed by atoms with E-state index in [1.54, 1.807) is 12.1 Å². The molecule has 0 fully saturated rings. The first kappa shape index (κ1) is 23.8. The molecule has 34 heavy (non-hydrogen) atoms. The molecule has 0 bridgehead atoms. The maximum Gasteiger partial charge on any atom is 0.258 e. The number of rotatable bonds is 8. The molecule has 0 amide bonds. The topological polar surface area (TPSA) is 63.4 Å². The normalized spacial score (nSPS) is 16.1. The molecule has 0 saturated heterocycles. The van der Waals surface area contributed by atoms with Crippen molar-refractivity contribution in [3.8, 4) is 17.1 Å². The van der Waals surface area contributed by atoms with Crippen molar-refractivity contribution >= 4 is 22.9 Å². The molecule has 1 unspecified atom stereocenters. The Balaban J connectivity index is 1.77. The van der Waals surface area contributed by atoms with E-state index in [4.69, 9.17) is 21.5 Å². The molecule has 2 heterocycles.